The van der Waals surface area contributed by atoms with Gasteiger partial charge in [-0.15, -0.1) is 0 Å². The molecule has 0 aromatic heterocycles. The van der Waals surface area contributed by atoms with E-state index in [-0.39, 0.29) is 12.5 Å². The molecule has 0 amide bonds. The zero-order valence-electron chi connectivity index (χ0n) is 10.8. The molecule has 1 rings (SSSR count). The van der Waals surface area contributed by atoms with Gasteiger partial charge in [-0.05, 0) is 13.0 Å². The van der Waals surface area contributed by atoms with E-state index in [1.807, 2.05) is 26.0 Å². The van der Waals surface area contributed by atoms with E-state index in [9.17, 15) is 5.11 Å². The summed E-state index contributed by atoms with van der Waals surface area (Å²) in [6.07, 6.45) is 0. The second-order valence-corrected chi connectivity index (χ2v) is 3.74. The van der Waals surface area contributed by atoms with E-state index in [1.165, 1.54) is 0 Å². The maximum atomic E-state index is 9.24. The highest BCUT2D eigenvalue weighted by Crippen LogP contribution is 2.42. The number of aliphatic hydroxyl groups is 1. The minimum absolute atomic E-state index is 0.00337. The third kappa shape index (κ3) is 2.82. The predicted octanol–water partition coefficient (Wildman–Crippen LogP) is 2.20. The average molecular weight is 240 g/mol. The second-order valence-electron chi connectivity index (χ2n) is 3.74. The Hall–Kier alpha value is -1.42. The van der Waals surface area contributed by atoms with E-state index in [1.54, 1.807) is 14.2 Å². The van der Waals surface area contributed by atoms with E-state index in [2.05, 4.69) is 0 Å². The second kappa shape index (κ2) is 6.35. The Morgan fingerprint density at radius 1 is 1.18 bits per heavy atom. The topological polar surface area (TPSA) is 47.9 Å². The van der Waals surface area contributed by atoms with Gasteiger partial charge in [0.2, 0.25) is 5.75 Å². The fourth-order valence-electron chi connectivity index (χ4n) is 1.69. The molecule has 17 heavy (non-hydrogen) atoms. The number of benzene rings is 1. The number of methoxy groups -OCH3 is 2. The highest BCUT2D eigenvalue weighted by atomic mass is 16.5. The quantitative estimate of drug-likeness (QED) is 0.828. The molecule has 0 heterocycles. The van der Waals surface area contributed by atoms with E-state index in [4.69, 9.17) is 14.2 Å². The van der Waals surface area contributed by atoms with Crippen LogP contribution in [-0.2, 0) is 0 Å². The molecule has 0 saturated carbocycles. The lowest BCUT2D eigenvalue weighted by molar-refractivity contribution is 0.260. The molecule has 0 saturated heterocycles. The van der Waals surface area contributed by atoms with Gasteiger partial charge in [-0.1, -0.05) is 13.0 Å². The van der Waals surface area contributed by atoms with Crippen LogP contribution in [0.15, 0.2) is 12.1 Å². The van der Waals surface area contributed by atoms with Crippen LogP contribution < -0.4 is 14.2 Å². The van der Waals surface area contributed by atoms with Crippen LogP contribution in [0.2, 0.25) is 0 Å². The molecule has 1 atom stereocenters. The molecular weight excluding hydrogens is 220 g/mol. The third-order valence-electron chi connectivity index (χ3n) is 2.62. The number of hydrogen-bond donors (Lipinski definition) is 1. The molecule has 1 aromatic carbocycles. The van der Waals surface area contributed by atoms with Gasteiger partial charge in [0.1, 0.15) is 0 Å². The van der Waals surface area contributed by atoms with Crippen LogP contribution in [0.1, 0.15) is 25.3 Å². The lowest BCUT2D eigenvalue weighted by atomic mass is 10.00. The molecule has 1 unspecified atom stereocenters. The first-order valence-electron chi connectivity index (χ1n) is 5.68. The van der Waals surface area contributed by atoms with Crippen molar-refractivity contribution in [1.29, 1.82) is 0 Å². The standard InChI is InChI=1S/C13H20O4/c1-5-17-12-10(9(2)8-14)6-7-11(15-3)13(12)16-4/h6-7,9,14H,5,8H2,1-4H3. The van der Waals surface area contributed by atoms with Gasteiger partial charge in [-0.2, -0.15) is 0 Å². The molecule has 4 heteroatoms. The van der Waals surface area contributed by atoms with Crippen LogP contribution in [-0.4, -0.2) is 32.5 Å². The summed E-state index contributed by atoms with van der Waals surface area (Å²) in [5.41, 5.74) is 0.923. The SMILES string of the molecule is CCOc1c(C(C)CO)ccc(OC)c1OC. The van der Waals surface area contributed by atoms with Crippen LogP contribution >= 0.6 is 0 Å². The summed E-state index contributed by atoms with van der Waals surface area (Å²) in [6.45, 7) is 4.44. The Morgan fingerprint density at radius 3 is 2.35 bits per heavy atom. The Morgan fingerprint density at radius 2 is 1.88 bits per heavy atom. The van der Waals surface area contributed by atoms with Crippen molar-refractivity contribution in [3.8, 4) is 17.2 Å². The maximum absolute atomic E-state index is 9.24. The van der Waals surface area contributed by atoms with Crippen molar-refractivity contribution >= 4 is 0 Å². The summed E-state index contributed by atoms with van der Waals surface area (Å²) in [6, 6.07) is 3.72. The average Bonchev–Trinajstić information content (AvgIpc) is 2.37. The molecule has 0 bridgehead atoms. The number of hydrogen-bond acceptors (Lipinski definition) is 4. The van der Waals surface area contributed by atoms with Gasteiger partial charge < -0.3 is 19.3 Å². The first-order valence-corrected chi connectivity index (χ1v) is 5.68. The van der Waals surface area contributed by atoms with Crippen molar-refractivity contribution in [1.82, 2.24) is 0 Å². The van der Waals surface area contributed by atoms with Crippen molar-refractivity contribution in [3.63, 3.8) is 0 Å². The van der Waals surface area contributed by atoms with E-state index in [0.717, 1.165) is 5.56 Å². The number of aliphatic hydroxyl groups excluding tert-OH is 1. The van der Waals surface area contributed by atoms with Gasteiger partial charge >= 0.3 is 0 Å². The van der Waals surface area contributed by atoms with Crippen molar-refractivity contribution < 1.29 is 19.3 Å². The van der Waals surface area contributed by atoms with Gasteiger partial charge in [0.25, 0.3) is 0 Å². The Bertz CT molecular complexity index is 363. The van der Waals surface area contributed by atoms with Gasteiger partial charge in [0.05, 0.1) is 20.8 Å². The van der Waals surface area contributed by atoms with Crippen LogP contribution in [0.4, 0.5) is 0 Å². The van der Waals surface area contributed by atoms with Gasteiger partial charge in [-0.3, -0.25) is 0 Å². The van der Waals surface area contributed by atoms with Crippen LogP contribution in [0.5, 0.6) is 17.2 Å². The summed E-state index contributed by atoms with van der Waals surface area (Å²) < 4.78 is 16.2. The smallest absolute Gasteiger partial charge is 0.203 e. The zero-order valence-corrected chi connectivity index (χ0v) is 10.8. The molecule has 0 aliphatic heterocycles. The highest BCUT2D eigenvalue weighted by Gasteiger charge is 2.19. The molecule has 0 aliphatic carbocycles. The van der Waals surface area contributed by atoms with Gasteiger partial charge in [-0.25, -0.2) is 0 Å². The van der Waals surface area contributed by atoms with E-state index < -0.39 is 0 Å². The molecule has 0 aliphatic rings. The monoisotopic (exact) mass is 240 g/mol. The molecule has 0 radical (unpaired) electrons. The molecule has 96 valence electrons. The number of ether oxygens (including phenoxy) is 3. The van der Waals surface area contributed by atoms with Crippen molar-refractivity contribution in [3.05, 3.63) is 17.7 Å². The zero-order chi connectivity index (χ0) is 12.8. The highest BCUT2D eigenvalue weighted by molar-refractivity contribution is 5.56. The van der Waals surface area contributed by atoms with Crippen LogP contribution in [0.25, 0.3) is 0 Å². The summed E-state index contributed by atoms with van der Waals surface area (Å²) in [5, 5.41) is 9.24. The van der Waals surface area contributed by atoms with E-state index in [0.29, 0.717) is 23.9 Å². The maximum Gasteiger partial charge on any atom is 0.203 e. The Labute approximate surface area is 102 Å². The third-order valence-corrected chi connectivity index (χ3v) is 2.62. The fraction of sp³-hybridized carbons (Fsp3) is 0.538. The molecule has 0 fully saturated rings. The van der Waals surface area contributed by atoms with Gasteiger partial charge in [0, 0.05) is 18.1 Å². The number of rotatable bonds is 6. The first kappa shape index (κ1) is 13.6. The largest absolute Gasteiger partial charge is 0.493 e. The summed E-state index contributed by atoms with van der Waals surface area (Å²) in [5.74, 6) is 1.85. The molecule has 4 nitrogen and oxygen atoms in total. The van der Waals surface area contributed by atoms with Gasteiger partial charge in [0.15, 0.2) is 11.5 Å². The Kier molecular flexibility index (Phi) is 5.10. The summed E-state index contributed by atoms with van der Waals surface area (Å²) in [7, 11) is 3.16. The van der Waals surface area contributed by atoms with Crippen molar-refractivity contribution in [2.75, 3.05) is 27.4 Å². The first-order chi connectivity index (χ1) is 8.19. The molecular formula is C13H20O4. The molecule has 1 aromatic rings. The van der Waals surface area contributed by atoms with Crippen molar-refractivity contribution in [2.45, 2.75) is 19.8 Å². The fourth-order valence-corrected chi connectivity index (χ4v) is 1.69. The summed E-state index contributed by atoms with van der Waals surface area (Å²) in [4.78, 5) is 0. The van der Waals surface area contributed by atoms with Crippen molar-refractivity contribution in [2.24, 2.45) is 0 Å². The van der Waals surface area contributed by atoms with E-state index >= 15 is 0 Å². The lowest BCUT2D eigenvalue weighted by Crippen LogP contribution is -2.06. The van der Waals surface area contributed by atoms with Crippen LogP contribution in [0, 0.1) is 0 Å². The van der Waals surface area contributed by atoms with Crippen LogP contribution in [0.3, 0.4) is 0 Å². The predicted molar refractivity (Wildman–Crippen MR) is 66.2 cm³/mol. The lowest BCUT2D eigenvalue weighted by Gasteiger charge is -2.19. The minimum atomic E-state index is -0.00337. The molecule has 0 spiro atoms. The normalized spacial score (nSPS) is 12.1. The minimum Gasteiger partial charge on any atom is -0.493 e. The summed E-state index contributed by atoms with van der Waals surface area (Å²) >= 11 is 0. The Balaban J connectivity index is 3.30. The molecule has 1 N–H and O–H groups in total.